The Bertz CT molecular complexity index is 1010. The summed E-state index contributed by atoms with van der Waals surface area (Å²) in [6, 6.07) is 17.2. The van der Waals surface area contributed by atoms with E-state index in [0.717, 1.165) is 44.2 Å². The fourth-order valence-electron chi connectivity index (χ4n) is 3.35. The summed E-state index contributed by atoms with van der Waals surface area (Å²) >= 11 is 0. The van der Waals surface area contributed by atoms with Gasteiger partial charge in [0.1, 0.15) is 0 Å². The molecule has 3 N–H and O–H groups in total. The number of benzene rings is 2. The molecule has 0 amide bonds. The third kappa shape index (κ3) is 10.4. The molecular formula is C25H31F3N4O5. The van der Waals surface area contributed by atoms with Crippen molar-refractivity contribution >= 4 is 29.3 Å². The molecule has 0 spiro atoms. The summed E-state index contributed by atoms with van der Waals surface area (Å²) in [5.74, 6) is -2.86. The van der Waals surface area contributed by atoms with Crippen LogP contribution in [-0.2, 0) is 9.53 Å². The predicted molar refractivity (Wildman–Crippen MR) is 134 cm³/mol. The van der Waals surface area contributed by atoms with E-state index in [2.05, 4.69) is 39.4 Å². The molecule has 1 aliphatic rings. The topological polar surface area (TPSA) is 115 Å². The molecule has 202 valence electrons. The first-order valence-corrected chi connectivity index (χ1v) is 11.7. The molecule has 1 aliphatic heterocycles. The summed E-state index contributed by atoms with van der Waals surface area (Å²) in [7, 11) is 0. The smallest absolute Gasteiger partial charge is 0.478 e. The number of hydrogen-bond donors (Lipinski definition) is 3. The molecule has 9 nitrogen and oxygen atoms in total. The number of aromatic carboxylic acids is 1. The van der Waals surface area contributed by atoms with Crippen molar-refractivity contribution in [3.63, 3.8) is 0 Å². The molecule has 12 heteroatoms. The highest BCUT2D eigenvalue weighted by Crippen LogP contribution is 2.17. The van der Waals surface area contributed by atoms with Crippen molar-refractivity contribution < 1.29 is 37.7 Å². The van der Waals surface area contributed by atoms with Crippen LogP contribution in [-0.4, -0.2) is 85.1 Å². The lowest BCUT2D eigenvalue weighted by atomic mass is 10.2. The highest BCUT2D eigenvalue weighted by atomic mass is 19.4. The number of aliphatic carboxylic acids is 1. The zero-order valence-electron chi connectivity index (χ0n) is 20.4. The normalized spacial score (nSPS) is 14.0. The number of piperazine rings is 1. The van der Waals surface area contributed by atoms with Crippen molar-refractivity contribution in [3.8, 4) is 0 Å². The van der Waals surface area contributed by atoms with Gasteiger partial charge in [-0.15, -0.1) is 0 Å². The summed E-state index contributed by atoms with van der Waals surface area (Å²) in [6.45, 7) is 7.63. The minimum atomic E-state index is -5.08. The zero-order valence-corrected chi connectivity index (χ0v) is 20.4. The van der Waals surface area contributed by atoms with Gasteiger partial charge in [0.2, 0.25) is 0 Å². The van der Waals surface area contributed by atoms with Gasteiger partial charge in [-0.25, -0.2) is 9.59 Å². The van der Waals surface area contributed by atoms with Gasteiger partial charge in [-0.1, -0.05) is 18.2 Å². The Morgan fingerprint density at radius 1 is 1.00 bits per heavy atom. The zero-order chi connectivity index (χ0) is 27.3. The van der Waals surface area contributed by atoms with E-state index in [9.17, 15) is 18.0 Å². The number of alkyl halides is 3. The molecule has 37 heavy (non-hydrogen) atoms. The summed E-state index contributed by atoms with van der Waals surface area (Å²) in [6.07, 6.45) is -4.22. The number of hydrogen-bond acceptors (Lipinski definition) is 5. The van der Waals surface area contributed by atoms with Crippen LogP contribution >= 0.6 is 0 Å². The molecule has 3 rings (SSSR count). The number of nitrogens with one attached hydrogen (secondary N) is 1. The first-order valence-electron chi connectivity index (χ1n) is 11.7. The third-order valence-electron chi connectivity index (χ3n) is 5.24. The third-order valence-corrected chi connectivity index (χ3v) is 5.24. The number of guanidine groups is 1. The van der Waals surface area contributed by atoms with E-state index in [4.69, 9.17) is 24.7 Å². The van der Waals surface area contributed by atoms with Crippen LogP contribution < -0.4 is 10.2 Å². The molecule has 2 aromatic carbocycles. The maximum atomic E-state index is 11.1. The van der Waals surface area contributed by atoms with E-state index >= 15 is 0 Å². The average molecular weight is 525 g/mol. The van der Waals surface area contributed by atoms with Crippen LogP contribution in [0.2, 0.25) is 0 Å². The van der Waals surface area contributed by atoms with E-state index in [1.807, 2.05) is 13.0 Å². The Morgan fingerprint density at radius 2 is 1.59 bits per heavy atom. The molecule has 1 saturated heterocycles. The number of anilines is 2. The number of rotatable bonds is 8. The van der Waals surface area contributed by atoms with Crippen molar-refractivity contribution in [2.75, 3.05) is 56.2 Å². The first kappa shape index (κ1) is 29.4. The molecule has 0 atom stereocenters. The molecule has 1 heterocycles. The maximum Gasteiger partial charge on any atom is 0.490 e. The second-order valence-corrected chi connectivity index (χ2v) is 7.88. The first-order chi connectivity index (χ1) is 17.6. The number of carboxylic acids is 2. The number of carbonyl (C=O) groups is 2. The van der Waals surface area contributed by atoms with Gasteiger partial charge < -0.3 is 30.1 Å². The van der Waals surface area contributed by atoms with E-state index in [0.29, 0.717) is 19.8 Å². The predicted octanol–water partition coefficient (Wildman–Crippen LogP) is 4.03. The lowest BCUT2D eigenvalue weighted by molar-refractivity contribution is -0.192. The summed E-state index contributed by atoms with van der Waals surface area (Å²) in [5, 5.41) is 19.6. The molecule has 0 radical (unpaired) electrons. The quantitative estimate of drug-likeness (QED) is 0.269. The number of halogens is 3. The van der Waals surface area contributed by atoms with E-state index in [1.165, 1.54) is 5.69 Å². The Hall–Kier alpha value is -3.80. The molecular weight excluding hydrogens is 493 g/mol. The molecule has 1 fully saturated rings. The van der Waals surface area contributed by atoms with Gasteiger partial charge >= 0.3 is 18.1 Å². The van der Waals surface area contributed by atoms with Gasteiger partial charge in [-0.05, 0) is 49.7 Å². The van der Waals surface area contributed by atoms with Crippen molar-refractivity contribution in [2.45, 2.75) is 19.5 Å². The van der Waals surface area contributed by atoms with Crippen molar-refractivity contribution in [1.29, 1.82) is 0 Å². The van der Waals surface area contributed by atoms with Crippen LogP contribution in [0.4, 0.5) is 24.5 Å². The molecule has 0 aromatic heterocycles. The molecule has 0 bridgehead atoms. The van der Waals surface area contributed by atoms with E-state index < -0.39 is 18.1 Å². The maximum absolute atomic E-state index is 11.1. The van der Waals surface area contributed by atoms with Crippen LogP contribution in [0.15, 0.2) is 59.6 Å². The standard InChI is InChI=1S/C23H30N4O3.C2HF3O2/c1-2-30-18-6-13-24-23(25-20-11-9-19(10-12-20)22(28)29)27-16-14-26(15-17-27)21-7-4-3-5-8-21;3-2(4,5)1(6)7/h3-5,7-12H,2,6,13-18H2,1H3,(H,24,25)(H,28,29);(H,6,7). The second kappa shape index (κ2) is 14.7. The lowest BCUT2D eigenvalue weighted by Crippen LogP contribution is -2.50. The van der Waals surface area contributed by atoms with Crippen LogP contribution in [0.1, 0.15) is 23.7 Å². The largest absolute Gasteiger partial charge is 0.490 e. The van der Waals surface area contributed by atoms with Crippen molar-refractivity contribution in [3.05, 3.63) is 60.2 Å². The van der Waals surface area contributed by atoms with Gasteiger partial charge in [-0.3, -0.25) is 4.99 Å². The number of carboxylic acid groups (broad SMARTS) is 2. The van der Waals surface area contributed by atoms with Gasteiger partial charge in [-0.2, -0.15) is 13.2 Å². The van der Waals surface area contributed by atoms with Crippen molar-refractivity contribution in [2.24, 2.45) is 4.99 Å². The van der Waals surface area contributed by atoms with E-state index in [-0.39, 0.29) is 5.56 Å². The summed E-state index contributed by atoms with van der Waals surface area (Å²) < 4.78 is 37.1. The molecule has 0 saturated carbocycles. The fraction of sp³-hybridized carbons (Fsp3) is 0.400. The second-order valence-electron chi connectivity index (χ2n) is 7.88. The number of para-hydroxylation sites is 1. The van der Waals surface area contributed by atoms with Crippen LogP contribution in [0.3, 0.4) is 0 Å². The highest BCUT2D eigenvalue weighted by molar-refractivity contribution is 5.95. The number of ether oxygens (including phenoxy) is 1. The van der Waals surface area contributed by atoms with Crippen LogP contribution in [0.5, 0.6) is 0 Å². The number of nitrogens with zero attached hydrogens (tertiary/aromatic N) is 3. The fourth-order valence-corrected chi connectivity index (χ4v) is 3.35. The Balaban J connectivity index is 0.000000604. The average Bonchev–Trinajstić information content (AvgIpc) is 2.88. The summed E-state index contributed by atoms with van der Waals surface area (Å²) in [4.78, 5) is 29.4. The van der Waals surface area contributed by atoms with Gasteiger partial charge in [0.15, 0.2) is 5.96 Å². The summed E-state index contributed by atoms with van der Waals surface area (Å²) in [5.41, 5.74) is 2.34. The lowest BCUT2D eigenvalue weighted by Gasteiger charge is -2.37. The van der Waals surface area contributed by atoms with Gasteiger partial charge in [0, 0.05) is 57.3 Å². The highest BCUT2D eigenvalue weighted by Gasteiger charge is 2.38. The van der Waals surface area contributed by atoms with Crippen LogP contribution in [0.25, 0.3) is 0 Å². The van der Waals surface area contributed by atoms with Gasteiger partial charge in [0.25, 0.3) is 0 Å². The van der Waals surface area contributed by atoms with Gasteiger partial charge in [0.05, 0.1) is 5.56 Å². The number of aliphatic imine (C=N–C) groups is 1. The molecule has 0 aliphatic carbocycles. The molecule has 2 aromatic rings. The monoisotopic (exact) mass is 524 g/mol. The van der Waals surface area contributed by atoms with E-state index in [1.54, 1.807) is 24.3 Å². The molecule has 0 unspecified atom stereocenters. The van der Waals surface area contributed by atoms with Crippen LogP contribution in [0, 0.1) is 0 Å². The minimum Gasteiger partial charge on any atom is -0.478 e. The Morgan fingerprint density at radius 3 is 2.11 bits per heavy atom. The minimum absolute atomic E-state index is 0.271. The SMILES string of the molecule is CCOCCCN=C(Nc1ccc(C(=O)O)cc1)N1CCN(c2ccccc2)CC1.O=C(O)C(F)(F)F. The Labute approximate surface area is 213 Å². The Kier molecular flexibility index (Phi) is 11.7. The van der Waals surface area contributed by atoms with Crippen molar-refractivity contribution in [1.82, 2.24) is 4.90 Å².